The molecule has 5 heteroatoms. The number of rotatable bonds is 4. The summed E-state index contributed by atoms with van der Waals surface area (Å²) in [5, 5.41) is 11.9. The first-order valence-corrected chi connectivity index (χ1v) is 5.06. The molecule has 88 valence electrons. The Balaban J connectivity index is 2.07. The molecule has 0 fully saturated rings. The topological polar surface area (TPSA) is 88.5 Å². The number of carbonyl (C=O) groups is 1. The zero-order valence-electron chi connectivity index (χ0n) is 9.01. The minimum atomic E-state index is -1.03. The van der Waals surface area contributed by atoms with E-state index in [1.165, 1.54) is 6.07 Å². The normalized spacial score (nSPS) is 10.1. The van der Waals surface area contributed by atoms with Gasteiger partial charge in [0, 0.05) is 11.4 Å². The van der Waals surface area contributed by atoms with Gasteiger partial charge < -0.3 is 20.6 Å². The Labute approximate surface area is 97.9 Å². The maximum absolute atomic E-state index is 10.8. The molecule has 1 aromatic carbocycles. The predicted molar refractivity (Wildman–Crippen MR) is 63.8 cm³/mol. The average Bonchev–Trinajstić information content (AvgIpc) is 2.78. The number of aromatic carboxylic acids is 1. The van der Waals surface area contributed by atoms with Crippen LogP contribution in [0.3, 0.4) is 0 Å². The van der Waals surface area contributed by atoms with Crippen LogP contribution in [0.4, 0.5) is 11.4 Å². The molecule has 0 saturated carbocycles. The van der Waals surface area contributed by atoms with Crippen LogP contribution in [0.1, 0.15) is 16.1 Å². The van der Waals surface area contributed by atoms with E-state index in [9.17, 15) is 4.79 Å². The quantitative estimate of drug-likeness (QED) is 0.703. The summed E-state index contributed by atoms with van der Waals surface area (Å²) in [5.41, 5.74) is 6.72. The smallest absolute Gasteiger partial charge is 0.337 e. The molecular formula is C12H12N2O3. The van der Waals surface area contributed by atoms with Crippen molar-refractivity contribution in [2.24, 2.45) is 0 Å². The summed E-state index contributed by atoms with van der Waals surface area (Å²) in [7, 11) is 0. The summed E-state index contributed by atoms with van der Waals surface area (Å²) in [6.07, 6.45) is 1.60. The van der Waals surface area contributed by atoms with E-state index in [-0.39, 0.29) is 11.3 Å². The van der Waals surface area contributed by atoms with Gasteiger partial charge in [-0.3, -0.25) is 0 Å². The molecule has 0 aliphatic rings. The van der Waals surface area contributed by atoms with E-state index in [1.807, 2.05) is 6.07 Å². The molecule has 4 N–H and O–H groups in total. The van der Waals surface area contributed by atoms with E-state index in [0.717, 1.165) is 11.4 Å². The van der Waals surface area contributed by atoms with Gasteiger partial charge in [0.15, 0.2) is 0 Å². The van der Waals surface area contributed by atoms with Gasteiger partial charge in [-0.05, 0) is 30.3 Å². The number of carboxylic acid groups (broad SMARTS) is 1. The van der Waals surface area contributed by atoms with Crippen molar-refractivity contribution in [1.82, 2.24) is 0 Å². The van der Waals surface area contributed by atoms with Crippen LogP contribution in [0.2, 0.25) is 0 Å². The van der Waals surface area contributed by atoms with Crippen LogP contribution in [-0.2, 0) is 6.54 Å². The second-order valence-corrected chi connectivity index (χ2v) is 3.54. The maximum Gasteiger partial charge on any atom is 0.337 e. The number of nitrogens with two attached hydrogens (primary N) is 1. The lowest BCUT2D eigenvalue weighted by molar-refractivity contribution is 0.0698. The van der Waals surface area contributed by atoms with Crippen molar-refractivity contribution in [3.63, 3.8) is 0 Å². The predicted octanol–water partition coefficient (Wildman–Crippen LogP) is 2.17. The van der Waals surface area contributed by atoms with Crippen molar-refractivity contribution in [3.05, 3.63) is 47.9 Å². The minimum absolute atomic E-state index is 0.105. The highest BCUT2D eigenvalue weighted by Gasteiger charge is 2.07. The largest absolute Gasteiger partial charge is 0.478 e. The molecule has 0 radical (unpaired) electrons. The number of hydrogen-bond donors (Lipinski definition) is 3. The van der Waals surface area contributed by atoms with Gasteiger partial charge in [-0.25, -0.2) is 4.79 Å². The molecular weight excluding hydrogens is 220 g/mol. The molecule has 0 bridgehead atoms. The summed E-state index contributed by atoms with van der Waals surface area (Å²) in [6, 6.07) is 8.39. The lowest BCUT2D eigenvalue weighted by Gasteiger charge is -2.07. The molecule has 0 aliphatic carbocycles. The highest BCUT2D eigenvalue weighted by molar-refractivity contribution is 5.94. The lowest BCUT2D eigenvalue weighted by Crippen LogP contribution is -2.04. The van der Waals surface area contributed by atoms with Gasteiger partial charge >= 0.3 is 5.97 Å². The van der Waals surface area contributed by atoms with Gasteiger partial charge in [-0.2, -0.15) is 0 Å². The van der Waals surface area contributed by atoms with E-state index in [1.54, 1.807) is 24.5 Å². The first-order valence-electron chi connectivity index (χ1n) is 5.06. The first-order chi connectivity index (χ1) is 8.16. The Morgan fingerprint density at radius 1 is 1.41 bits per heavy atom. The van der Waals surface area contributed by atoms with Crippen molar-refractivity contribution < 1.29 is 14.3 Å². The number of anilines is 2. The van der Waals surface area contributed by atoms with E-state index in [2.05, 4.69) is 5.32 Å². The summed E-state index contributed by atoms with van der Waals surface area (Å²) in [4.78, 5) is 10.8. The van der Waals surface area contributed by atoms with Crippen molar-refractivity contribution in [3.8, 4) is 0 Å². The van der Waals surface area contributed by atoms with Crippen LogP contribution in [0.25, 0.3) is 0 Å². The van der Waals surface area contributed by atoms with Gasteiger partial charge in [0.2, 0.25) is 0 Å². The number of nitrogens with one attached hydrogen (secondary N) is 1. The summed E-state index contributed by atoms with van der Waals surface area (Å²) < 4.78 is 5.16. The zero-order chi connectivity index (χ0) is 12.3. The molecule has 1 heterocycles. The van der Waals surface area contributed by atoms with Gasteiger partial charge in [0.1, 0.15) is 5.76 Å². The molecule has 2 aromatic rings. The second kappa shape index (κ2) is 4.61. The number of nitrogen functional groups attached to an aromatic ring is 1. The molecule has 0 amide bonds. The fourth-order valence-corrected chi connectivity index (χ4v) is 1.47. The zero-order valence-corrected chi connectivity index (χ0v) is 9.01. The first kappa shape index (κ1) is 11.1. The third-order valence-corrected chi connectivity index (χ3v) is 2.33. The fourth-order valence-electron chi connectivity index (χ4n) is 1.47. The third-order valence-electron chi connectivity index (χ3n) is 2.33. The Kier molecular flexibility index (Phi) is 3.00. The maximum atomic E-state index is 10.8. The highest BCUT2D eigenvalue weighted by atomic mass is 16.4. The fraction of sp³-hybridized carbons (Fsp3) is 0.0833. The molecule has 0 unspecified atom stereocenters. The van der Waals surface area contributed by atoms with Gasteiger partial charge in [-0.15, -0.1) is 0 Å². The highest BCUT2D eigenvalue weighted by Crippen LogP contribution is 2.18. The monoisotopic (exact) mass is 232 g/mol. The van der Waals surface area contributed by atoms with E-state index < -0.39 is 5.97 Å². The number of hydrogen-bond acceptors (Lipinski definition) is 4. The molecule has 5 nitrogen and oxygen atoms in total. The van der Waals surface area contributed by atoms with Crippen LogP contribution in [-0.4, -0.2) is 11.1 Å². The summed E-state index contributed by atoms with van der Waals surface area (Å²) in [6.45, 7) is 0.527. The van der Waals surface area contributed by atoms with Gasteiger partial charge in [-0.1, -0.05) is 0 Å². The van der Waals surface area contributed by atoms with Crippen molar-refractivity contribution in [2.75, 3.05) is 11.1 Å². The van der Waals surface area contributed by atoms with E-state index in [0.29, 0.717) is 6.54 Å². The number of carboxylic acids is 1. The van der Waals surface area contributed by atoms with E-state index in [4.69, 9.17) is 15.3 Å². The molecule has 0 spiro atoms. The third kappa shape index (κ3) is 2.57. The van der Waals surface area contributed by atoms with Gasteiger partial charge in [0.05, 0.1) is 18.4 Å². The molecule has 0 atom stereocenters. The Bertz CT molecular complexity index is 521. The Hall–Kier alpha value is -2.43. The standard InChI is InChI=1S/C12H12N2O3/c13-11-6-8(3-4-10(11)12(15)16)14-7-9-2-1-5-17-9/h1-6,14H,7,13H2,(H,15,16). The van der Waals surface area contributed by atoms with Gasteiger partial charge in [0.25, 0.3) is 0 Å². The molecule has 1 aromatic heterocycles. The number of furan rings is 1. The van der Waals surface area contributed by atoms with E-state index >= 15 is 0 Å². The second-order valence-electron chi connectivity index (χ2n) is 3.54. The minimum Gasteiger partial charge on any atom is -0.478 e. The molecule has 2 rings (SSSR count). The van der Waals surface area contributed by atoms with Crippen LogP contribution in [0.5, 0.6) is 0 Å². The lowest BCUT2D eigenvalue weighted by atomic mass is 10.1. The Morgan fingerprint density at radius 3 is 2.82 bits per heavy atom. The molecule has 0 saturated heterocycles. The van der Waals surface area contributed by atoms with Crippen molar-refractivity contribution >= 4 is 17.3 Å². The van der Waals surface area contributed by atoms with Crippen LogP contribution in [0.15, 0.2) is 41.0 Å². The average molecular weight is 232 g/mol. The van der Waals surface area contributed by atoms with Crippen LogP contribution < -0.4 is 11.1 Å². The molecule has 17 heavy (non-hydrogen) atoms. The van der Waals surface area contributed by atoms with Crippen molar-refractivity contribution in [2.45, 2.75) is 6.54 Å². The molecule has 0 aliphatic heterocycles. The van der Waals surface area contributed by atoms with Crippen LogP contribution in [0, 0.1) is 0 Å². The SMILES string of the molecule is Nc1cc(NCc2ccco2)ccc1C(=O)O. The Morgan fingerprint density at radius 2 is 2.24 bits per heavy atom. The summed E-state index contributed by atoms with van der Waals surface area (Å²) >= 11 is 0. The van der Waals surface area contributed by atoms with Crippen LogP contribution >= 0.6 is 0 Å². The van der Waals surface area contributed by atoms with Crippen molar-refractivity contribution in [1.29, 1.82) is 0 Å². The number of benzene rings is 1. The summed E-state index contributed by atoms with van der Waals surface area (Å²) in [5.74, 6) is -0.231.